The summed E-state index contributed by atoms with van der Waals surface area (Å²) in [6, 6.07) is 5.72. The van der Waals surface area contributed by atoms with Gasteiger partial charge in [-0.15, -0.1) is 0 Å². The molecule has 1 rings (SSSR count). The molecule has 1 aromatic rings. The number of ether oxygens (including phenoxy) is 1. The Labute approximate surface area is 117 Å². The maximum absolute atomic E-state index is 6.02. The van der Waals surface area contributed by atoms with Gasteiger partial charge in [-0.1, -0.05) is 27.5 Å². The summed E-state index contributed by atoms with van der Waals surface area (Å²) in [6.45, 7) is 5.19. The molecule has 0 amide bonds. The monoisotopic (exact) mass is 319 g/mol. The fourth-order valence-electron chi connectivity index (χ4n) is 1.44. The summed E-state index contributed by atoms with van der Waals surface area (Å²) < 4.78 is 5.35. The van der Waals surface area contributed by atoms with Gasteiger partial charge in [-0.05, 0) is 39.1 Å². The SMILES string of the molecule is COc1ccc(Cl)cc1CN(C)C(C)(C)CBr. The third-order valence-corrected chi connectivity index (χ3v) is 4.62. The van der Waals surface area contributed by atoms with Crippen LogP contribution >= 0.6 is 27.5 Å². The molecule has 0 unspecified atom stereocenters. The van der Waals surface area contributed by atoms with E-state index < -0.39 is 0 Å². The normalized spacial score (nSPS) is 11.9. The Bertz CT molecular complexity index is 382. The molecule has 0 bridgehead atoms. The van der Waals surface area contributed by atoms with Crippen molar-refractivity contribution in [2.75, 3.05) is 19.5 Å². The lowest BCUT2D eigenvalue weighted by Crippen LogP contribution is -2.42. The smallest absolute Gasteiger partial charge is 0.123 e. The van der Waals surface area contributed by atoms with E-state index >= 15 is 0 Å². The summed E-state index contributed by atoms with van der Waals surface area (Å²) >= 11 is 9.56. The number of hydrogen-bond acceptors (Lipinski definition) is 2. The highest BCUT2D eigenvalue weighted by Gasteiger charge is 2.22. The van der Waals surface area contributed by atoms with Crippen LogP contribution in [-0.2, 0) is 6.54 Å². The lowest BCUT2D eigenvalue weighted by molar-refractivity contribution is 0.171. The predicted octanol–water partition coefficient (Wildman–Crippen LogP) is 3.95. The van der Waals surface area contributed by atoms with Crippen molar-refractivity contribution in [3.05, 3.63) is 28.8 Å². The van der Waals surface area contributed by atoms with Crippen molar-refractivity contribution >= 4 is 27.5 Å². The summed E-state index contributed by atoms with van der Waals surface area (Å²) in [5, 5.41) is 1.66. The Morgan fingerprint density at radius 2 is 2.06 bits per heavy atom. The largest absolute Gasteiger partial charge is 0.496 e. The van der Waals surface area contributed by atoms with Crippen LogP contribution in [0.2, 0.25) is 5.02 Å². The van der Waals surface area contributed by atoms with Gasteiger partial charge >= 0.3 is 0 Å². The van der Waals surface area contributed by atoms with E-state index in [1.54, 1.807) is 7.11 Å². The number of alkyl halides is 1. The third-order valence-electron chi connectivity index (χ3n) is 3.01. The van der Waals surface area contributed by atoms with Crippen LogP contribution in [0, 0.1) is 0 Å². The molecular weight excluding hydrogens is 302 g/mol. The molecule has 0 saturated heterocycles. The minimum atomic E-state index is 0.0906. The second kappa shape index (κ2) is 6.07. The molecule has 0 fully saturated rings. The Morgan fingerprint density at radius 1 is 1.41 bits per heavy atom. The van der Waals surface area contributed by atoms with E-state index in [4.69, 9.17) is 16.3 Å². The number of methoxy groups -OCH3 is 1. The predicted molar refractivity (Wildman–Crippen MR) is 77.3 cm³/mol. The maximum atomic E-state index is 6.02. The van der Waals surface area contributed by atoms with Crippen molar-refractivity contribution in [3.63, 3.8) is 0 Å². The average molecular weight is 321 g/mol. The highest BCUT2D eigenvalue weighted by atomic mass is 79.9. The highest BCUT2D eigenvalue weighted by Crippen LogP contribution is 2.26. The Morgan fingerprint density at radius 3 is 2.59 bits per heavy atom. The molecule has 4 heteroatoms. The fraction of sp³-hybridized carbons (Fsp3) is 0.538. The molecule has 0 aliphatic carbocycles. The van der Waals surface area contributed by atoms with Crippen LogP contribution < -0.4 is 4.74 Å². The fourth-order valence-corrected chi connectivity index (χ4v) is 2.07. The van der Waals surface area contributed by atoms with Gasteiger partial charge in [0.15, 0.2) is 0 Å². The first kappa shape index (κ1) is 14.8. The second-order valence-corrected chi connectivity index (χ2v) is 5.76. The van der Waals surface area contributed by atoms with Crippen LogP contribution in [-0.4, -0.2) is 29.9 Å². The van der Waals surface area contributed by atoms with Crippen molar-refractivity contribution in [3.8, 4) is 5.75 Å². The van der Waals surface area contributed by atoms with Crippen molar-refractivity contribution in [2.45, 2.75) is 25.9 Å². The minimum Gasteiger partial charge on any atom is -0.496 e. The molecule has 0 N–H and O–H groups in total. The van der Waals surface area contributed by atoms with Gasteiger partial charge in [0, 0.05) is 28.0 Å². The molecule has 1 aromatic carbocycles. The number of benzene rings is 1. The molecule has 0 atom stereocenters. The van der Waals surface area contributed by atoms with Gasteiger partial charge < -0.3 is 4.74 Å². The first-order chi connectivity index (χ1) is 7.90. The van der Waals surface area contributed by atoms with Gasteiger partial charge in [0.25, 0.3) is 0 Å². The summed E-state index contributed by atoms with van der Waals surface area (Å²) in [5.41, 5.74) is 1.20. The molecule has 0 heterocycles. The zero-order chi connectivity index (χ0) is 13.1. The lowest BCUT2D eigenvalue weighted by Gasteiger charge is -2.34. The Balaban J connectivity index is 2.91. The van der Waals surface area contributed by atoms with E-state index in [1.165, 1.54) is 0 Å². The average Bonchev–Trinajstić information content (AvgIpc) is 2.29. The number of hydrogen-bond donors (Lipinski definition) is 0. The van der Waals surface area contributed by atoms with Crippen LogP contribution in [0.1, 0.15) is 19.4 Å². The zero-order valence-corrected chi connectivity index (χ0v) is 13.1. The van der Waals surface area contributed by atoms with Crippen LogP contribution in [0.5, 0.6) is 5.75 Å². The molecule has 0 saturated carbocycles. The zero-order valence-electron chi connectivity index (χ0n) is 10.8. The standard InChI is InChI=1S/C13H19BrClNO/c1-13(2,9-14)16(3)8-10-7-11(15)5-6-12(10)17-4/h5-7H,8-9H2,1-4H3. The molecule has 0 aromatic heterocycles. The first-order valence-corrected chi connectivity index (χ1v) is 7.00. The minimum absolute atomic E-state index is 0.0906. The molecule has 0 aliphatic rings. The number of nitrogens with zero attached hydrogens (tertiary/aromatic N) is 1. The van der Waals surface area contributed by atoms with Crippen LogP contribution in [0.3, 0.4) is 0 Å². The number of halogens is 2. The summed E-state index contributed by atoms with van der Waals surface area (Å²) in [7, 11) is 3.78. The molecule has 2 nitrogen and oxygen atoms in total. The van der Waals surface area contributed by atoms with Crippen molar-refractivity contribution in [2.24, 2.45) is 0 Å². The summed E-state index contributed by atoms with van der Waals surface area (Å²) in [4.78, 5) is 2.27. The van der Waals surface area contributed by atoms with Crippen molar-refractivity contribution in [1.29, 1.82) is 0 Å². The first-order valence-electron chi connectivity index (χ1n) is 5.50. The summed E-state index contributed by atoms with van der Waals surface area (Å²) in [6.07, 6.45) is 0. The van der Waals surface area contributed by atoms with Gasteiger partial charge in [-0.25, -0.2) is 0 Å². The number of rotatable bonds is 5. The van der Waals surface area contributed by atoms with Gasteiger partial charge in [-0.2, -0.15) is 0 Å². The van der Waals surface area contributed by atoms with E-state index in [2.05, 4.69) is 41.7 Å². The quantitative estimate of drug-likeness (QED) is 0.762. The molecule has 0 radical (unpaired) electrons. The van der Waals surface area contributed by atoms with Gasteiger partial charge in [0.05, 0.1) is 7.11 Å². The van der Waals surface area contributed by atoms with E-state index in [1.807, 2.05) is 18.2 Å². The molecule has 0 spiro atoms. The van der Waals surface area contributed by atoms with Crippen LogP contribution in [0.15, 0.2) is 18.2 Å². The maximum Gasteiger partial charge on any atom is 0.123 e. The highest BCUT2D eigenvalue weighted by molar-refractivity contribution is 9.09. The van der Waals surface area contributed by atoms with Crippen LogP contribution in [0.25, 0.3) is 0 Å². The van der Waals surface area contributed by atoms with Gasteiger partial charge in [0.2, 0.25) is 0 Å². The molecular formula is C13H19BrClNO. The lowest BCUT2D eigenvalue weighted by atomic mass is 10.1. The van der Waals surface area contributed by atoms with Crippen molar-refractivity contribution < 1.29 is 4.74 Å². The van der Waals surface area contributed by atoms with E-state index in [0.29, 0.717) is 0 Å². The second-order valence-electron chi connectivity index (χ2n) is 4.76. The Hall–Kier alpha value is -0.250. The third kappa shape index (κ3) is 3.87. The van der Waals surface area contributed by atoms with E-state index in [-0.39, 0.29) is 5.54 Å². The van der Waals surface area contributed by atoms with Crippen LogP contribution in [0.4, 0.5) is 0 Å². The topological polar surface area (TPSA) is 12.5 Å². The Kier molecular flexibility index (Phi) is 5.29. The molecule has 17 heavy (non-hydrogen) atoms. The van der Waals surface area contributed by atoms with Gasteiger partial charge in [-0.3, -0.25) is 4.90 Å². The van der Waals surface area contributed by atoms with E-state index in [9.17, 15) is 0 Å². The molecule has 96 valence electrons. The van der Waals surface area contributed by atoms with Crippen molar-refractivity contribution in [1.82, 2.24) is 4.90 Å². The summed E-state index contributed by atoms with van der Waals surface area (Å²) in [5.74, 6) is 0.881. The van der Waals surface area contributed by atoms with E-state index in [0.717, 1.165) is 28.2 Å². The molecule has 0 aliphatic heterocycles. The van der Waals surface area contributed by atoms with Gasteiger partial charge in [0.1, 0.15) is 5.75 Å².